The molecule has 19 heavy (non-hydrogen) atoms. The summed E-state index contributed by atoms with van der Waals surface area (Å²) in [6.45, 7) is 0.136. The van der Waals surface area contributed by atoms with Crippen molar-refractivity contribution in [3.63, 3.8) is 0 Å². The quantitative estimate of drug-likeness (QED) is 0.742. The lowest BCUT2D eigenvalue weighted by Crippen LogP contribution is -2.55. The van der Waals surface area contributed by atoms with Gasteiger partial charge in [-0.05, 0) is 27.7 Å². The number of amides is 1. The minimum absolute atomic E-state index is 0.116. The van der Waals surface area contributed by atoms with Gasteiger partial charge in [0.25, 0.3) is 0 Å². The van der Waals surface area contributed by atoms with E-state index in [4.69, 9.17) is 5.48 Å². The molecule has 112 valence electrons. The van der Waals surface area contributed by atoms with Crippen LogP contribution in [0.25, 0.3) is 0 Å². The van der Waals surface area contributed by atoms with Gasteiger partial charge in [0.05, 0.1) is 5.48 Å². The first kappa shape index (κ1) is 10.8. The van der Waals surface area contributed by atoms with Gasteiger partial charge in [-0.1, -0.05) is 0 Å². The van der Waals surface area contributed by atoms with Gasteiger partial charge in [-0.25, -0.2) is 4.79 Å². The van der Waals surface area contributed by atoms with E-state index in [0.717, 1.165) is 0 Å². The average molecular weight is 286 g/mol. The zero-order valence-electron chi connectivity index (χ0n) is 15.3. The summed E-state index contributed by atoms with van der Waals surface area (Å²) in [4.78, 5) is 13.6. The van der Waals surface area contributed by atoms with Crippen molar-refractivity contribution in [1.82, 2.24) is 9.80 Å². The number of hydrogen-bond acceptors (Lipinski definition) is 3. The van der Waals surface area contributed by atoms with E-state index in [-0.39, 0.29) is 18.0 Å². The Morgan fingerprint density at radius 2 is 1.74 bits per heavy atom. The van der Waals surface area contributed by atoms with Crippen LogP contribution in [0, 0.1) is 0 Å². The first-order chi connectivity index (χ1) is 9.98. The molecule has 0 radical (unpaired) electrons. The third-order valence-corrected chi connectivity index (χ3v) is 2.71. The number of nitrogens with zero attached hydrogens (tertiary/aromatic N) is 2. The van der Waals surface area contributed by atoms with Crippen LogP contribution in [-0.4, -0.2) is 59.8 Å². The number of hydrogen-bond donors (Lipinski definition) is 0. The molecule has 0 aromatic heterocycles. The number of piperazine rings is 1. The molecule has 1 fully saturated rings. The van der Waals surface area contributed by atoms with Crippen molar-refractivity contribution < 1.29 is 28.2 Å². The highest BCUT2D eigenvalue weighted by Crippen LogP contribution is 2.23. The molecule has 1 aliphatic heterocycles. The van der Waals surface area contributed by atoms with Crippen LogP contribution in [-0.2, 0) is 4.74 Å². The van der Waals surface area contributed by atoms with E-state index in [1.807, 2.05) is 0 Å². The lowest BCUT2D eigenvalue weighted by molar-refractivity contribution is -0.200. The standard InChI is InChI=1S/C12H21F3N2O2/c1-9(12(13,14)15)19-10(18)16-5-7-17(8-6-16)11(2,3)4/h9H,5-8H2,1-4H3/i5D2,6D2. The van der Waals surface area contributed by atoms with E-state index >= 15 is 0 Å². The van der Waals surface area contributed by atoms with Crippen molar-refractivity contribution in [3.05, 3.63) is 0 Å². The molecule has 0 bridgehead atoms. The zero-order valence-corrected chi connectivity index (χ0v) is 11.3. The molecule has 1 aliphatic rings. The molecular weight excluding hydrogens is 261 g/mol. The minimum Gasteiger partial charge on any atom is -0.437 e. The van der Waals surface area contributed by atoms with Gasteiger partial charge in [-0.3, -0.25) is 4.90 Å². The highest BCUT2D eigenvalue weighted by atomic mass is 19.4. The number of ether oxygens (including phenoxy) is 1. The van der Waals surface area contributed by atoms with Gasteiger partial charge in [0.1, 0.15) is 0 Å². The van der Waals surface area contributed by atoms with E-state index in [1.165, 1.54) is 4.90 Å². The average Bonchev–Trinajstić information content (AvgIpc) is 2.22. The maximum atomic E-state index is 12.5. The van der Waals surface area contributed by atoms with E-state index in [2.05, 4.69) is 4.74 Å². The van der Waals surface area contributed by atoms with Crippen LogP contribution in [0.4, 0.5) is 18.0 Å². The fourth-order valence-corrected chi connectivity index (χ4v) is 1.30. The Labute approximate surface area is 117 Å². The van der Waals surface area contributed by atoms with Crippen molar-refractivity contribution >= 4 is 6.09 Å². The monoisotopic (exact) mass is 286 g/mol. The van der Waals surface area contributed by atoms with Crippen LogP contribution in [0.1, 0.15) is 33.2 Å². The molecular formula is C12H21F3N2O2. The van der Waals surface area contributed by atoms with Crippen molar-refractivity contribution in [2.24, 2.45) is 0 Å². The summed E-state index contributed by atoms with van der Waals surface area (Å²) in [6.07, 6.45) is -8.93. The number of alkyl halides is 3. The molecule has 0 saturated carbocycles. The number of rotatable bonds is 1. The third-order valence-electron chi connectivity index (χ3n) is 2.71. The molecule has 0 aromatic rings. The number of carbonyl (C=O) groups is 1. The molecule has 1 heterocycles. The molecule has 1 atom stereocenters. The van der Waals surface area contributed by atoms with Crippen molar-refractivity contribution in [1.29, 1.82) is 0 Å². The molecule has 1 saturated heterocycles. The summed E-state index contributed by atoms with van der Waals surface area (Å²) in [6, 6.07) is 0. The van der Waals surface area contributed by atoms with Gasteiger partial charge in [0.2, 0.25) is 0 Å². The summed E-state index contributed by atoms with van der Waals surface area (Å²) in [5.74, 6) is 0. The van der Waals surface area contributed by atoms with Crippen molar-refractivity contribution in [3.8, 4) is 0 Å². The molecule has 0 spiro atoms. The van der Waals surface area contributed by atoms with Crippen LogP contribution in [0.2, 0.25) is 0 Å². The molecule has 1 rings (SSSR count). The van der Waals surface area contributed by atoms with Gasteiger partial charge in [-0.15, -0.1) is 0 Å². The first-order valence-corrected chi connectivity index (χ1v) is 5.81. The third kappa shape index (κ3) is 4.56. The fourth-order valence-electron chi connectivity index (χ4n) is 1.30. The molecule has 7 heteroatoms. The molecule has 0 N–H and O–H groups in total. The summed E-state index contributed by atoms with van der Waals surface area (Å²) in [5, 5.41) is 0. The van der Waals surface area contributed by atoms with Crippen LogP contribution in [0.5, 0.6) is 0 Å². The maximum absolute atomic E-state index is 12.5. The largest absolute Gasteiger partial charge is 0.437 e. The first-order valence-electron chi connectivity index (χ1n) is 7.81. The SMILES string of the molecule is [2H]C1([2H])CN(C(C)(C)C)CC([2H])([2H])N1C(=O)OC(C)C(F)(F)F. The maximum Gasteiger partial charge on any atom is 0.425 e. The second-order valence-electron chi connectivity index (χ2n) is 5.25. The predicted octanol–water partition coefficient (Wildman–Crippen LogP) is 2.49. The smallest absolute Gasteiger partial charge is 0.425 e. The Morgan fingerprint density at radius 3 is 2.11 bits per heavy atom. The Kier molecular flexibility index (Phi) is 3.15. The number of carbonyl (C=O) groups excluding carboxylic acids is 1. The van der Waals surface area contributed by atoms with E-state index in [9.17, 15) is 18.0 Å². The minimum atomic E-state index is -4.80. The van der Waals surface area contributed by atoms with Gasteiger partial charge in [0, 0.05) is 31.6 Å². The fraction of sp³-hybridized carbons (Fsp3) is 0.917. The molecule has 1 amide bonds. The second kappa shape index (κ2) is 5.56. The van der Waals surface area contributed by atoms with Gasteiger partial charge < -0.3 is 9.64 Å². The van der Waals surface area contributed by atoms with E-state index < -0.39 is 36.9 Å². The summed E-state index contributed by atoms with van der Waals surface area (Å²) in [5.41, 5.74) is -0.573. The van der Waals surface area contributed by atoms with Gasteiger partial charge in [-0.2, -0.15) is 13.2 Å². The van der Waals surface area contributed by atoms with Crippen LogP contribution >= 0.6 is 0 Å². The predicted molar refractivity (Wildman–Crippen MR) is 64.9 cm³/mol. The zero-order chi connectivity index (χ0) is 18.4. The molecule has 0 aromatic carbocycles. The van der Waals surface area contributed by atoms with Crippen LogP contribution in [0.3, 0.4) is 0 Å². The summed E-state index contributed by atoms with van der Waals surface area (Å²) < 4.78 is 73.3. The second-order valence-corrected chi connectivity index (χ2v) is 5.25. The highest BCUT2D eigenvalue weighted by Gasteiger charge is 2.40. The Bertz CT molecular complexity index is 448. The number of halogens is 3. The Morgan fingerprint density at radius 1 is 1.26 bits per heavy atom. The van der Waals surface area contributed by atoms with Gasteiger partial charge >= 0.3 is 12.3 Å². The van der Waals surface area contributed by atoms with Crippen molar-refractivity contribution in [2.75, 3.05) is 26.1 Å². The van der Waals surface area contributed by atoms with Crippen LogP contribution < -0.4 is 0 Å². The lowest BCUT2D eigenvalue weighted by atomic mass is 10.1. The molecule has 4 nitrogen and oxygen atoms in total. The Balaban J connectivity index is 3.04. The summed E-state index contributed by atoms with van der Waals surface area (Å²) in [7, 11) is 0. The molecule has 1 unspecified atom stereocenters. The topological polar surface area (TPSA) is 32.8 Å². The van der Waals surface area contributed by atoms with Gasteiger partial charge in [0.15, 0.2) is 6.10 Å². The Hall–Kier alpha value is -0.980. The van der Waals surface area contributed by atoms with E-state index in [1.54, 1.807) is 20.8 Å². The molecule has 0 aliphatic carbocycles. The van der Waals surface area contributed by atoms with E-state index in [0.29, 0.717) is 6.92 Å². The lowest BCUT2D eigenvalue weighted by Gasteiger charge is -2.42. The normalized spacial score (nSPS) is 28.7. The summed E-state index contributed by atoms with van der Waals surface area (Å²) >= 11 is 0. The van der Waals surface area contributed by atoms with Crippen LogP contribution in [0.15, 0.2) is 0 Å². The highest BCUT2D eigenvalue weighted by molar-refractivity contribution is 5.68. The van der Waals surface area contributed by atoms with Crippen molar-refractivity contribution in [2.45, 2.75) is 45.5 Å².